The molecule has 2 nitrogen and oxygen atoms in total. The number of halogens is 1. The van der Waals surface area contributed by atoms with Gasteiger partial charge in [0.2, 0.25) is 0 Å². The van der Waals surface area contributed by atoms with Crippen molar-refractivity contribution in [2.45, 2.75) is 6.92 Å². The smallest absolute Gasteiger partial charge is 0.134 e. The van der Waals surface area contributed by atoms with E-state index in [4.69, 9.17) is 11.6 Å². The van der Waals surface area contributed by atoms with Gasteiger partial charge in [0.05, 0.1) is 10.7 Å². The zero-order valence-corrected chi connectivity index (χ0v) is 8.99. The molecule has 0 fully saturated rings. The number of hydrogen-bond donors (Lipinski definition) is 1. The van der Waals surface area contributed by atoms with Gasteiger partial charge in [-0.1, -0.05) is 17.7 Å². The van der Waals surface area contributed by atoms with E-state index in [0.29, 0.717) is 5.02 Å². The molecule has 1 heterocycles. The van der Waals surface area contributed by atoms with Gasteiger partial charge in [-0.3, -0.25) is 4.98 Å². The number of pyridine rings is 1. The number of benzene rings is 1. The number of aromatic nitrogens is 1. The van der Waals surface area contributed by atoms with Gasteiger partial charge in [0.1, 0.15) is 5.75 Å². The molecular formula is C12H10ClNO. The van der Waals surface area contributed by atoms with Crippen LogP contribution in [0.15, 0.2) is 36.5 Å². The van der Waals surface area contributed by atoms with Crippen LogP contribution < -0.4 is 0 Å². The maximum Gasteiger partial charge on any atom is 0.134 e. The quantitative estimate of drug-likeness (QED) is 0.797. The molecule has 0 aliphatic rings. The number of phenols is 1. The van der Waals surface area contributed by atoms with Crippen LogP contribution in [0.5, 0.6) is 5.75 Å². The number of hydrogen-bond acceptors (Lipinski definition) is 2. The van der Waals surface area contributed by atoms with E-state index in [0.717, 1.165) is 16.8 Å². The number of aromatic hydroxyl groups is 1. The topological polar surface area (TPSA) is 33.1 Å². The molecule has 76 valence electrons. The largest absolute Gasteiger partial charge is 0.506 e. The molecule has 0 aliphatic carbocycles. The molecule has 0 saturated carbocycles. The summed E-state index contributed by atoms with van der Waals surface area (Å²) in [5.41, 5.74) is 2.88. The van der Waals surface area contributed by atoms with Gasteiger partial charge in [-0.15, -0.1) is 0 Å². The molecule has 0 unspecified atom stereocenters. The van der Waals surface area contributed by atoms with Crippen molar-refractivity contribution in [3.8, 4) is 17.0 Å². The summed E-state index contributed by atoms with van der Waals surface area (Å²) in [6, 6.07) is 8.97. The Labute approximate surface area is 93.2 Å². The molecule has 2 aromatic rings. The minimum atomic E-state index is 0.0917. The second kappa shape index (κ2) is 3.91. The molecule has 1 aromatic carbocycles. The zero-order valence-electron chi connectivity index (χ0n) is 8.24. The summed E-state index contributed by atoms with van der Waals surface area (Å²) >= 11 is 5.84. The van der Waals surface area contributed by atoms with Crippen molar-refractivity contribution in [2.75, 3.05) is 0 Å². The van der Waals surface area contributed by atoms with Gasteiger partial charge in [-0.2, -0.15) is 0 Å². The van der Waals surface area contributed by atoms with E-state index in [2.05, 4.69) is 4.98 Å². The average Bonchev–Trinajstić information content (AvgIpc) is 2.23. The summed E-state index contributed by atoms with van der Waals surface area (Å²) in [6.45, 7) is 1.99. The van der Waals surface area contributed by atoms with Crippen LogP contribution >= 0.6 is 11.6 Å². The normalized spacial score (nSPS) is 10.3. The van der Waals surface area contributed by atoms with Gasteiger partial charge in [0.25, 0.3) is 0 Å². The fraction of sp³-hybridized carbons (Fsp3) is 0.0833. The van der Waals surface area contributed by atoms with Crippen molar-refractivity contribution >= 4 is 11.6 Å². The van der Waals surface area contributed by atoms with E-state index in [1.165, 1.54) is 0 Å². The SMILES string of the molecule is Cc1cccnc1-c1ccc(O)c(Cl)c1. The lowest BCUT2D eigenvalue weighted by molar-refractivity contribution is 0.475. The molecule has 0 bridgehead atoms. The second-order valence-corrected chi connectivity index (χ2v) is 3.74. The van der Waals surface area contributed by atoms with Crippen molar-refractivity contribution in [1.82, 2.24) is 4.98 Å². The highest BCUT2D eigenvalue weighted by molar-refractivity contribution is 6.32. The fourth-order valence-corrected chi connectivity index (χ4v) is 1.62. The predicted molar refractivity (Wildman–Crippen MR) is 61.1 cm³/mol. The number of phenolic OH excluding ortho intramolecular Hbond substituents is 1. The Morgan fingerprint density at radius 2 is 2.07 bits per heavy atom. The Morgan fingerprint density at radius 1 is 1.27 bits per heavy atom. The summed E-state index contributed by atoms with van der Waals surface area (Å²) in [6.07, 6.45) is 1.74. The van der Waals surface area contributed by atoms with E-state index < -0.39 is 0 Å². The van der Waals surface area contributed by atoms with E-state index in [1.54, 1.807) is 24.4 Å². The summed E-state index contributed by atoms with van der Waals surface area (Å²) in [7, 11) is 0. The summed E-state index contributed by atoms with van der Waals surface area (Å²) in [4.78, 5) is 4.28. The molecular weight excluding hydrogens is 210 g/mol. The lowest BCUT2D eigenvalue weighted by atomic mass is 10.1. The van der Waals surface area contributed by atoms with Crippen LogP contribution in [0.25, 0.3) is 11.3 Å². The Bertz CT molecular complexity index is 497. The highest BCUT2D eigenvalue weighted by Crippen LogP contribution is 2.29. The molecule has 1 aromatic heterocycles. The van der Waals surface area contributed by atoms with Crippen molar-refractivity contribution in [2.24, 2.45) is 0 Å². The zero-order chi connectivity index (χ0) is 10.8. The van der Waals surface area contributed by atoms with Crippen LogP contribution in [-0.2, 0) is 0 Å². The molecule has 0 aliphatic heterocycles. The Kier molecular flexibility index (Phi) is 2.60. The van der Waals surface area contributed by atoms with E-state index in [1.807, 2.05) is 19.1 Å². The van der Waals surface area contributed by atoms with E-state index in [9.17, 15) is 5.11 Å². The van der Waals surface area contributed by atoms with Crippen molar-refractivity contribution in [3.63, 3.8) is 0 Å². The van der Waals surface area contributed by atoms with Crippen molar-refractivity contribution in [3.05, 3.63) is 47.1 Å². The first kappa shape index (κ1) is 9.99. The minimum absolute atomic E-state index is 0.0917. The third kappa shape index (κ3) is 1.95. The molecule has 15 heavy (non-hydrogen) atoms. The van der Waals surface area contributed by atoms with Crippen molar-refractivity contribution < 1.29 is 5.11 Å². The maximum atomic E-state index is 9.31. The maximum absolute atomic E-state index is 9.31. The Hall–Kier alpha value is -1.54. The first-order valence-corrected chi connectivity index (χ1v) is 4.97. The summed E-state index contributed by atoms with van der Waals surface area (Å²) in [5.74, 6) is 0.0917. The summed E-state index contributed by atoms with van der Waals surface area (Å²) in [5, 5.41) is 9.65. The first-order chi connectivity index (χ1) is 7.18. The van der Waals surface area contributed by atoms with Crippen LogP contribution in [0.3, 0.4) is 0 Å². The molecule has 0 radical (unpaired) electrons. The number of nitrogens with zero attached hydrogens (tertiary/aromatic N) is 1. The van der Waals surface area contributed by atoms with Crippen LogP contribution in [-0.4, -0.2) is 10.1 Å². The highest BCUT2D eigenvalue weighted by Gasteiger charge is 2.05. The second-order valence-electron chi connectivity index (χ2n) is 3.34. The molecule has 3 heteroatoms. The molecule has 2 rings (SSSR count). The standard InChI is InChI=1S/C12H10ClNO/c1-8-3-2-6-14-12(8)9-4-5-11(15)10(13)7-9/h2-7,15H,1H3. The minimum Gasteiger partial charge on any atom is -0.506 e. The van der Waals surface area contributed by atoms with Gasteiger partial charge < -0.3 is 5.11 Å². The average molecular weight is 220 g/mol. The molecule has 0 amide bonds. The van der Waals surface area contributed by atoms with Crippen LogP contribution in [0.2, 0.25) is 5.02 Å². The molecule has 0 atom stereocenters. The Morgan fingerprint density at radius 3 is 2.73 bits per heavy atom. The monoisotopic (exact) mass is 219 g/mol. The van der Waals surface area contributed by atoms with E-state index in [-0.39, 0.29) is 5.75 Å². The van der Waals surface area contributed by atoms with Gasteiger partial charge in [0.15, 0.2) is 0 Å². The molecule has 0 saturated heterocycles. The lowest BCUT2D eigenvalue weighted by Crippen LogP contribution is -1.86. The number of aryl methyl sites for hydroxylation is 1. The first-order valence-electron chi connectivity index (χ1n) is 4.59. The third-order valence-electron chi connectivity index (χ3n) is 2.23. The third-order valence-corrected chi connectivity index (χ3v) is 2.53. The van der Waals surface area contributed by atoms with Crippen LogP contribution in [0, 0.1) is 6.92 Å². The van der Waals surface area contributed by atoms with E-state index >= 15 is 0 Å². The molecule has 0 spiro atoms. The van der Waals surface area contributed by atoms with Crippen LogP contribution in [0.4, 0.5) is 0 Å². The number of rotatable bonds is 1. The van der Waals surface area contributed by atoms with Crippen molar-refractivity contribution in [1.29, 1.82) is 0 Å². The van der Waals surface area contributed by atoms with Gasteiger partial charge in [-0.25, -0.2) is 0 Å². The fourth-order valence-electron chi connectivity index (χ4n) is 1.44. The van der Waals surface area contributed by atoms with Gasteiger partial charge >= 0.3 is 0 Å². The Balaban J connectivity index is 2.55. The molecule has 1 N–H and O–H groups in total. The summed E-state index contributed by atoms with van der Waals surface area (Å²) < 4.78 is 0. The van der Waals surface area contributed by atoms with Crippen LogP contribution in [0.1, 0.15) is 5.56 Å². The lowest BCUT2D eigenvalue weighted by Gasteiger charge is -2.05. The van der Waals surface area contributed by atoms with Gasteiger partial charge in [0, 0.05) is 11.8 Å². The van der Waals surface area contributed by atoms with Gasteiger partial charge in [-0.05, 0) is 36.8 Å². The highest BCUT2D eigenvalue weighted by atomic mass is 35.5. The predicted octanol–water partition coefficient (Wildman–Crippen LogP) is 3.42.